The zero-order valence-electron chi connectivity index (χ0n) is 12.3. The molecule has 3 rings (SSSR count). The van der Waals surface area contributed by atoms with Crippen LogP contribution >= 0.6 is 0 Å². The Bertz CT molecular complexity index is 948. The highest BCUT2D eigenvalue weighted by molar-refractivity contribution is 6.04. The van der Waals surface area contributed by atoms with E-state index >= 15 is 0 Å². The summed E-state index contributed by atoms with van der Waals surface area (Å²) in [5.41, 5.74) is 3.06. The van der Waals surface area contributed by atoms with E-state index in [1.165, 1.54) is 13.3 Å². The number of rotatable bonds is 3. The van der Waals surface area contributed by atoms with Crippen LogP contribution in [0.3, 0.4) is 0 Å². The lowest BCUT2D eigenvalue weighted by atomic mass is 10.1. The minimum Gasteiger partial charge on any atom is -0.267 e. The van der Waals surface area contributed by atoms with Gasteiger partial charge in [-0.3, -0.25) is 14.6 Å². The van der Waals surface area contributed by atoms with E-state index in [4.69, 9.17) is 0 Å². The molecule has 0 fully saturated rings. The van der Waals surface area contributed by atoms with E-state index in [-0.39, 0.29) is 11.3 Å². The molecule has 7 heteroatoms. The molecule has 1 amide bonds. The van der Waals surface area contributed by atoms with Gasteiger partial charge in [0.25, 0.3) is 11.5 Å². The van der Waals surface area contributed by atoms with Crippen molar-refractivity contribution in [3.05, 3.63) is 70.4 Å². The Morgan fingerprint density at radius 2 is 2.00 bits per heavy atom. The summed E-state index contributed by atoms with van der Waals surface area (Å²) in [5.74, 6) is -0.489. The summed E-state index contributed by atoms with van der Waals surface area (Å²) in [7, 11) is 1.50. The number of pyridine rings is 1. The summed E-state index contributed by atoms with van der Waals surface area (Å²) in [5, 5.41) is 8.84. The van der Waals surface area contributed by atoms with E-state index in [2.05, 4.69) is 20.6 Å². The van der Waals surface area contributed by atoms with Gasteiger partial charge in [0.2, 0.25) is 0 Å². The molecule has 3 aromatic rings. The number of carbonyl (C=O) groups excluding carboxylic acids is 1. The highest BCUT2D eigenvalue weighted by Gasteiger charge is 2.14. The first kappa shape index (κ1) is 14.6. The molecule has 114 valence electrons. The lowest BCUT2D eigenvalue weighted by Gasteiger charge is -2.06. The van der Waals surface area contributed by atoms with Gasteiger partial charge in [-0.1, -0.05) is 24.3 Å². The number of hydrogen-bond donors (Lipinski definition) is 1. The van der Waals surface area contributed by atoms with E-state index in [0.717, 1.165) is 10.2 Å². The number of benzene rings is 1. The number of nitrogens with zero attached hydrogens (tertiary/aromatic N) is 4. The molecule has 0 unspecified atom stereocenters. The normalized spacial score (nSPS) is 11.0. The molecule has 2 aromatic heterocycles. The van der Waals surface area contributed by atoms with Gasteiger partial charge in [-0.25, -0.2) is 10.1 Å². The minimum atomic E-state index is -0.489. The Kier molecular flexibility index (Phi) is 3.92. The third kappa shape index (κ3) is 2.98. The van der Waals surface area contributed by atoms with Crippen molar-refractivity contribution in [3.63, 3.8) is 0 Å². The van der Waals surface area contributed by atoms with Gasteiger partial charge < -0.3 is 0 Å². The molecule has 0 saturated carbocycles. The molecule has 2 heterocycles. The second kappa shape index (κ2) is 6.18. The second-order valence-electron chi connectivity index (χ2n) is 4.81. The van der Waals surface area contributed by atoms with E-state index < -0.39 is 5.91 Å². The van der Waals surface area contributed by atoms with E-state index in [9.17, 15) is 9.59 Å². The maximum absolute atomic E-state index is 12.3. The van der Waals surface area contributed by atoms with Crippen molar-refractivity contribution in [1.29, 1.82) is 0 Å². The van der Waals surface area contributed by atoms with Crippen molar-refractivity contribution in [2.45, 2.75) is 0 Å². The lowest BCUT2D eigenvalue weighted by Crippen LogP contribution is -2.27. The number of amides is 1. The molecule has 0 atom stereocenters. The van der Waals surface area contributed by atoms with Crippen molar-refractivity contribution >= 4 is 22.9 Å². The fourth-order valence-electron chi connectivity index (χ4n) is 2.14. The zero-order chi connectivity index (χ0) is 16.2. The molecule has 0 aliphatic heterocycles. The standard InChI is InChI=1S/C16H13N5O2/c1-21-16(23)13-7-3-2-6-12(13)14(20-21)15(22)19-18-10-11-5-4-8-17-9-11/h2-10H,1H3,(H,19,22)/b18-10+. The van der Waals surface area contributed by atoms with Crippen LogP contribution in [-0.2, 0) is 7.05 Å². The van der Waals surface area contributed by atoms with Crippen molar-refractivity contribution < 1.29 is 4.79 Å². The quantitative estimate of drug-likeness (QED) is 0.579. The summed E-state index contributed by atoms with van der Waals surface area (Å²) >= 11 is 0. The Morgan fingerprint density at radius 3 is 2.74 bits per heavy atom. The number of hydrogen-bond acceptors (Lipinski definition) is 5. The molecular weight excluding hydrogens is 294 g/mol. The van der Waals surface area contributed by atoms with Crippen LogP contribution in [0.5, 0.6) is 0 Å². The highest BCUT2D eigenvalue weighted by atomic mass is 16.2. The fourth-order valence-corrected chi connectivity index (χ4v) is 2.14. The van der Waals surface area contributed by atoms with Crippen LogP contribution in [0.25, 0.3) is 10.8 Å². The molecule has 0 spiro atoms. The Hall–Kier alpha value is -3.35. The van der Waals surface area contributed by atoms with Gasteiger partial charge in [0.1, 0.15) is 0 Å². The van der Waals surface area contributed by atoms with Crippen molar-refractivity contribution in [2.24, 2.45) is 12.1 Å². The van der Waals surface area contributed by atoms with Crippen LogP contribution in [0.15, 0.2) is 58.7 Å². The molecule has 0 aliphatic carbocycles. The van der Waals surface area contributed by atoms with Crippen LogP contribution in [0.4, 0.5) is 0 Å². The first-order valence-electron chi connectivity index (χ1n) is 6.86. The SMILES string of the molecule is Cn1nc(C(=O)N/N=C/c2cccnc2)c2ccccc2c1=O. The molecular formula is C16H13N5O2. The third-order valence-electron chi connectivity index (χ3n) is 3.24. The van der Waals surface area contributed by atoms with E-state index in [0.29, 0.717) is 10.8 Å². The fraction of sp³-hybridized carbons (Fsp3) is 0.0625. The topological polar surface area (TPSA) is 89.2 Å². The van der Waals surface area contributed by atoms with Gasteiger partial charge in [-0.05, 0) is 12.1 Å². The van der Waals surface area contributed by atoms with Crippen LogP contribution < -0.4 is 11.0 Å². The Labute approximate surface area is 131 Å². The molecule has 0 saturated heterocycles. The summed E-state index contributed by atoms with van der Waals surface area (Å²) < 4.78 is 1.14. The maximum Gasteiger partial charge on any atom is 0.292 e. The third-order valence-corrected chi connectivity index (χ3v) is 3.24. The highest BCUT2D eigenvalue weighted by Crippen LogP contribution is 2.12. The molecule has 1 aromatic carbocycles. The first-order valence-corrected chi connectivity index (χ1v) is 6.86. The smallest absolute Gasteiger partial charge is 0.267 e. The van der Waals surface area contributed by atoms with Crippen LogP contribution in [0.1, 0.15) is 16.1 Å². The second-order valence-corrected chi connectivity index (χ2v) is 4.81. The summed E-state index contributed by atoms with van der Waals surface area (Å²) in [6, 6.07) is 10.4. The molecule has 0 radical (unpaired) electrons. The predicted molar refractivity (Wildman–Crippen MR) is 86.3 cm³/mol. The number of aryl methyl sites for hydroxylation is 1. The first-order chi connectivity index (χ1) is 11.2. The Morgan fingerprint density at radius 1 is 1.22 bits per heavy atom. The van der Waals surface area contributed by atoms with Crippen LogP contribution in [0.2, 0.25) is 0 Å². The van der Waals surface area contributed by atoms with Crippen molar-refractivity contribution in [2.75, 3.05) is 0 Å². The number of nitrogens with one attached hydrogen (secondary N) is 1. The predicted octanol–water partition coefficient (Wildman–Crippen LogP) is 1.09. The number of aromatic nitrogens is 3. The van der Waals surface area contributed by atoms with Crippen molar-refractivity contribution in [1.82, 2.24) is 20.2 Å². The van der Waals surface area contributed by atoms with Crippen LogP contribution in [-0.4, -0.2) is 26.9 Å². The molecule has 7 nitrogen and oxygen atoms in total. The average Bonchev–Trinajstić information content (AvgIpc) is 2.59. The molecule has 23 heavy (non-hydrogen) atoms. The van der Waals surface area contributed by atoms with Gasteiger partial charge in [-0.2, -0.15) is 10.2 Å². The van der Waals surface area contributed by atoms with Gasteiger partial charge in [0, 0.05) is 30.4 Å². The van der Waals surface area contributed by atoms with Crippen LogP contribution in [0, 0.1) is 0 Å². The average molecular weight is 307 g/mol. The zero-order valence-corrected chi connectivity index (χ0v) is 12.3. The number of hydrazone groups is 1. The van der Waals surface area contributed by atoms with Gasteiger partial charge in [0.15, 0.2) is 5.69 Å². The molecule has 0 bridgehead atoms. The van der Waals surface area contributed by atoms with E-state index in [1.807, 2.05) is 6.07 Å². The Balaban J connectivity index is 1.91. The van der Waals surface area contributed by atoms with Crippen molar-refractivity contribution in [3.8, 4) is 0 Å². The largest absolute Gasteiger partial charge is 0.292 e. The number of carbonyl (C=O) groups is 1. The molecule has 1 N–H and O–H groups in total. The molecule has 0 aliphatic rings. The number of fused-ring (bicyclic) bond motifs is 1. The van der Waals surface area contributed by atoms with Gasteiger partial charge in [0.05, 0.1) is 11.6 Å². The van der Waals surface area contributed by atoms with Gasteiger partial charge >= 0.3 is 0 Å². The summed E-state index contributed by atoms with van der Waals surface area (Å²) in [6.07, 6.45) is 4.75. The van der Waals surface area contributed by atoms with E-state index in [1.54, 1.807) is 42.7 Å². The lowest BCUT2D eigenvalue weighted by molar-refractivity contribution is 0.0950. The minimum absolute atomic E-state index is 0.144. The monoisotopic (exact) mass is 307 g/mol. The maximum atomic E-state index is 12.3. The summed E-state index contributed by atoms with van der Waals surface area (Å²) in [4.78, 5) is 28.3. The van der Waals surface area contributed by atoms with Gasteiger partial charge in [-0.15, -0.1) is 0 Å². The summed E-state index contributed by atoms with van der Waals surface area (Å²) in [6.45, 7) is 0.